The van der Waals surface area contributed by atoms with Crippen molar-refractivity contribution >= 4 is 27.7 Å². The monoisotopic (exact) mass is 370 g/mol. The van der Waals surface area contributed by atoms with Crippen molar-refractivity contribution < 1.29 is 0 Å². The first-order chi connectivity index (χ1) is 10.7. The van der Waals surface area contributed by atoms with Crippen LogP contribution in [0.1, 0.15) is 11.1 Å². The minimum absolute atomic E-state index is 0.895. The number of aryl methyl sites for hydroxylation is 1. The first-order valence-corrected chi connectivity index (χ1v) is 8.76. The average Bonchev–Trinajstić information content (AvgIpc) is 2.56. The van der Waals surface area contributed by atoms with Gasteiger partial charge >= 0.3 is 0 Å². The quantitative estimate of drug-likeness (QED) is 0.566. The average molecular weight is 371 g/mol. The van der Waals surface area contributed by atoms with Crippen LogP contribution in [0.25, 0.3) is 11.3 Å². The van der Waals surface area contributed by atoms with Crippen LogP contribution in [-0.2, 0) is 5.75 Å². The van der Waals surface area contributed by atoms with Gasteiger partial charge in [-0.2, -0.15) is 0 Å². The largest absolute Gasteiger partial charge is 0.149 e. The second kappa shape index (κ2) is 7.07. The lowest BCUT2D eigenvalue weighted by Gasteiger charge is -2.03. The van der Waals surface area contributed by atoms with Crippen molar-refractivity contribution in [2.45, 2.75) is 17.7 Å². The van der Waals surface area contributed by atoms with Crippen LogP contribution in [0, 0.1) is 6.92 Å². The summed E-state index contributed by atoms with van der Waals surface area (Å²) in [4.78, 5) is 0. The summed E-state index contributed by atoms with van der Waals surface area (Å²) in [5, 5.41) is 9.58. The van der Waals surface area contributed by atoms with Crippen LogP contribution in [0.5, 0.6) is 0 Å². The fourth-order valence-electron chi connectivity index (χ4n) is 2.01. The van der Waals surface area contributed by atoms with E-state index in [1.54, 1.807) is 11.8 Å². The standard InChI is InChI=1S/C18H15BrN2S/c1-13-2-6-15(7-3-13)17-10-11-18(21-20-17)22-12-14-4-8-16(19)9-5-14/h2-11H,12H2,1H3. The first kappa shape index (κ1) is 15.3. The van der Waals surface area contributed by atoms with E-state index in [1.807, 2.05) is 12.1 Å². The fourth-order valence-corrected chi connectivity index (χ4v) is 3.05. The van der Waals surface area contributed by atoms with E-state index in [0.29, 0.717) is 0 Å². The van der Waals surface area contributed by atoms with Gasteiger partial charge in [0.2, 0.25) is 0 Å². The summed E-state index contributed by atoms with van der Waals surface area (Å²) >= 11 is 5.14. The molecule has 0 spiro atoms. The second-order valence-corrected chi connectivity index (χ2v) is 6.95. The maximum absolute atomic E-state index is 4.33. The predicted octanol–water partition coefficient (Wildman–Crippen LogP) is 5.51. The summed E-state index contributed by atoms with van der Waals surface area (Å²) in [6, 6.07) is 20.7. The Morgan fingerprint density at radius 2 is 1.59 bits per heavy atom. The van der Waals surface area contributed by atoms with E-state index >= 15 is 0 Å². The molecule has 0 bridgehead atoms. The molecule has 1 aromatic heterocycles. The molecule has 1 heterocycles. The number of aromatic nitrogens is 2. The molecule has 0 atom stereocenters. The topological polar surface area (TPSA) is 25.8 Å². The van der Waals surface area contributed by atoms with Crippen LogP contribution >= 0.6 is 27.7 Å². The number of nitrogens with zero attached hydrogens (tertiary/aromatic N) is 2. The molecule has 0 fully saturated rings. The number of hydrogen-bond donors (Lipinski definition) is 0. The molecule has 0 amide bonds. The minimum Gasteiger partial charge on any atom is -0.149 e. The Morgan fingerprint density at radius 3 is 2.23 bits per heavy atom. The lowest BCUT2D eigenvalue weighted by molar-refractivity contribution is 0.935. The van der Waals surface area contributed by atoms with Crippen molar-refractivity contribution in [2.75, 3.05) is 0 Å². The zero-order chi connectivity index (χ0) is 15.4. The molecule has 2 aromatic carbocycles. The van der Waals surface area contributed by atoms with Gasteiger partial charge in [-0.3, -0.25) is 0 Å². The van der Waals surface area contributed by atoms with E-state index in [2.05, 4.69) is 81.6 Å². The van der Waals surface area contributed by atoms with Gasteiger partial charge in [0, 0.05) is 15.8 Å². The number of benzene rings is 2. The molecule has 3 aromatic rings. The van der Waals surface area contributed by atoms with Crippen LogP contribution in [0.3, 0.4) is 0 Å². The number of hydrogen-bond acceptors (Lipinski definition) is 3. The van der Waals surface area contributed by atoms with E-state index in [-0.39, 0.29) is 0 Å². The van der Waals surface area contributed by atoms with Gasteiger partial charge in [-0.05, 0) is 36.8 Å². The summed E-state index contributed by atoms with van der Waals surface area (Å²) in [5.41, 5.74) is 4.53. The van der Waals surface area contributed by atoms with E-state index in [9.17, 15) is 0 Å². The van der Waals surface area contributed by atoms with Crippen molar-refractivity contribution in [2.24, 2.45) is 0 Å². The van der Waals surface area contributed by atoms with Crippen molar-refractivity contribution in [3.63, 3.8) is 0 Å². The first-order valence-electron chi connectivity index (χ1n) is 6.99. The van der Waals surface area contributed by atoms with Gasteiger partial charge in [0.05, 0.1) is 5.69 Å². The highest BCUT2D eigenvalue weighted by Crippen LogP contribution is 2.23. The summed E-state index contributed by atoms with van der Waals surface area (Å²) in [6.45, 7) is 2.08. The molecular weight excluding hydrogens is 356 g/mol. The Bertz CT molecular complexity index is 738. The van der Waals surface area contributed by atoms with Crippen LogP contribution in [-0.4, -0.2) is 10.2 Å². The minimum atomic E-state index is 0.895. The Morgan fingerprint density at radius 1 is 0.864 bits per heavy atom. The Hall–Kier alpha value is -1.65. The number of rotatable bonds is 4. The molecule has 0 radical (unpaired) electrons. The second-order valence-electron chi connectivity index (χ2n) is 5.04. The molecule has 22 heavy (non-hydrogen) atoms. The Kier molecular flexibility index (Phi) is 4.90. The molecule has 3 rings (SSSR count). The van der Waals surface area contributed by atoms with Gasteiger partial charge in [0.1, 0.15) is 5.03 Å². The molecule has 0 aliphatic heterocycles. The number of halogens is 1. The molecular formula is C18H15BrN2S. The SMILES string of the molecule is Cc1ccc(-c2ccc(SCc3ccc(Br)cc3)nn2)cc1. The van der Waals surface area contributed by atoms with E-state index in [0.717, 1.165) is 26.5 Å². The Balaban J connectivity index is 1.66. The molecule has 0 saturated heterocycles. The van der Waals surface area contributed by atoms with Crippen LogP contribution in [0.15, 0.2) is 70.2 Å². The maximum atomic E-state index is 4.33. The van der Waals surface area contributed by atoms with Gasteiger partial charge in [-0.15, -0.1) is 10.2 Å². The molecule has 0 N–H and O–H groups in total. The van der Waals surface area contributed by atoms with E-state index in [1.165, 1.54) is 11.1 Å². The summed E-state index contributed by atoms with van der Waals surface area (Å²) < 4.78 is 1.10. The summed E-state index contributed by atoms with van der Waals surface area (Å²) in [5.74, 6) is 0.895. The van der Waals surface area contributed by atoms with Crippen LogP contribution in [0.4, 0.5) is 0 Å². The van der Waals surface area contributed by atoms with Crippen molar-refractivity contribution in [1.82, 2.24) is 10.2 Å². The van der Waals surface area contributed by atoms with Crippen molar-refractivity contribution in [3.05, 3.63) is 76.3 Å². The molecule has 2 nitrogen and oxygen atoms in total. The van der Waals surface area contributed by atoms with Crippen LogP contribution in [0.2, 0.25) is 0 Å². The highest BCUT2D eigenvalue weighted by Gasteiger charge is 2.02. The molecule has 0 aliphatic rings. The maximum Gasteiger partial charge on any atom is 0.119 e. The van der Waals surface area contributed by atoms with Gasteiger partial charge in [0.15, 0.2) is 0 Å². The lowest BCUT2D eigenvalue weighted by Crippen LogP contribution is -1.90. The van der Waals surface area contributed by atoms with Gasteiger partial charge in [-0.25, -0.2) is 0 Å². The number of thioether (sulfide) groups is 1. The third kappa shape index (κ3) is 3.96. The van der Waals surface area contributed by atoms with Crippen LogP contribution < -0.4 is 0 Å². The molecule has 0 saturated carbocycles. The smallest absolute Gasteiger partial charge is 0.119 e. The predicted molar refractivity (Wildman–Crippen MR) is 95.9 cm³/mol. The molecule has 4 heteroatoms. The highest BCUT2D eigenvalue weighted by atomic mass is 79.9. The lowest BCUT2D eigenvalue weighted by atomic mass is 10.1. The third-order valence-corrected chi connectivity index (χ3v) is 4.81. The molecule has 0 aliphatic carbocycles. The van der Waals surface area contributed by atoms with Gasteiger partial charge in [0.25, 0.3) is 0 Å². The van der Waals surface area contributed by atoms with Crippen molar-refractivity contribution in [1.29, 1.82) is 0 Å². The van der Waals surface area contributed by atoms with Gasteiger partial charge in [-0.1, -0.05) is 69.7 Å². The normalized spacial score (nSPS) is 10.6. The zero-order valence-corrected chi connectivity index (χ0v) is 14.6. The molecule has 0 unspecified atom stereocenters. The fraction of sp³-hybridized carbons (Fsp3) is 0.111. The third-order valence-electron chi connectivity index (χ3n) is 3.29. The highest BCUT2D eigenvalue weighted by molar-refractivity contribution is 9.10. The van der Waals surface area contributed by atoms with Crippen molar-refractivity contribution in [3.8, 4) is 11.3 Å². The van der Waals surface area contributed by atoms with E-state index in [4.69, 9.17) is 0 Å². The Labute approximate surface area is 143 Å². The summed E-state index contributed by atoms with van der Waals surface area (Å²) in [6.07, 6.45) is 0. The van der Waals surface area contributed by atoms with E-state index < -0.39 is 0 Å². The zero-order valence-electron chi connectivity index (χ0n) is 12.2. The molecule has 110 valence electrons. The van der Waals surface area contributed by atoms with Gasteiger partial charge < -0.3 is 0 Å². The summed E-state index contributed by atoms with van der Waals surface area (Å²) in [7, 11) is 0.